The third kappa shape index (κ3) is 2.38. The second-order valence-corrected chi connectivity index (χ2v) is 5.55. The van der Waals surface area contributed by atoms with Crippen molar-refractivity contribution in [1.82, 2.24) is 5.32 Å². The van der Waals surface area contributed by atoms with Gasteiger partial charge in [0.2, 0.25) is 5.78 Å². The molecule has 23 heavy (non-hydrogen) atoms. The van der Waals surface area contributed by atoms with Crippen LogP contribution in [0.3, 0.4) is 0 Å². The summed E-state index contributed by atoms with van der Waals surface area (Å²) in [5, 5.41) is 2.77. The maximum atomic E-state index is 12.7. The summed E-state index contributed by atoms with van der Waals surface area (Å²) in [6, 6.07) is 6.59. The van der Waals surface area contributed by atoms with E-state index < -0.39 is 0 Å². The highest BCUT2D eigenvalue weighted by atomic mass is 16.4. The van der Waals surface area contributed by atoms with Gasteiger partial charge in [0.1, 0.15) is 5.76 Å². The van der Waals surface area contributed by atoms with Crippen molar-refractivity contribution in [2.75, 3.05) is 6.54 Å². The van der Waals surface area contributed by atoms with Gasteiger partial charge in [-0.2, -0.15) is 0 Å². The molecule has 2 aromatic rings. The topological polar surface area (TPSA) is 76.4 Å². The first-order valence-electron chi connectivity index (χ1n) is 7.66. The van der Waals surface area contributed by atoms with Crippen molar-refractivity contribution in [2.45, 2.75) is 26.7 Å². The molecule has 118 valence electrons. The molecule has 1 amide bonds. The molecule has 1 aliphatic rings. The van der Waals surface area contributed by atoms with Gasteiger partial charge in [0.05, 0.1) is 11.1 Å². The van der Waals surface area contributed by atoms with E-state index >= 15 is 0 Å². The van der Waals surface area contributed by atoms with Crippen LogP contribution in [0.1, 0.15) is 67.9 Å². The lowest BCUT2D eigenvalue weighted by Gasteiger charge is -2.13. The van der Waals surface area contributed by atoms with Gasteiger partial charge in [-0.15, -0.1) is 0 Å². The highest BCUT2D eigenvalue weighted by molar-refractivity contribution is 6.30. The standard InChI is InChI=1S/C18H17NO4/c1-3-4-9-19-18(22)13-10(2)23-17-14(13)15(20)11-7-5-6-8-12(11)16(17)21/h5-8H,3-4,9H2,1-2H3,(H,19,22). The lowest BCUT2D eigenvalue weighted by molar-refractivity contribution is 0.0938. The van der Waals surface area contributed by atoms with Crippen molar-refractivity contribution in [3.05, 3.63) is 58.0 Å². The van der Waals surface area contributed by atoms with Gasteiger partial charge in [0.25, 0.3) is 5.91 Å². The van der Waals surface area contributed by atoms with Crippen molar-refractivity contribution >= 4 is 17.5 Å². The van der Waals surface area contributed by atoms with Crippen molar-refractivity contribution in [2.24, 2.45) is 0 Å². The molecule has 0 bridgehead atoms. The predicted octanol–water partition coefficient (Wildman–Crippen LogP) is 2.89. The number of hydrogen-bond donors (Lipinski definition) is 1. The normalized spacial score (nSPS) is 12.8. The highest BCUT2D eigenvalue weighted by Crippen LogP contribution is 2.33. The SMILES string of the molecule is CCCCNC(=O)c1c(C)oc2c1C(=O)c1ccccc1C2=O. The Kier molecular flexibility index (Phi) is 3.86. The summed E-state index contributed by atoms with van der Waals surface area (Å²) in [5.74, 6) is -0.814. The molecule has 1 heterocycles. The molecule has 0 spiro atoms. The number of aryl methyl sites for hydroxylation is 1. The third-order valence-corrected chi connectivity index (χ3v) is 3.98. The van der Waals surface area contributed by atoms with Gasteiger partial charge in [-0.25, -0.2) is 0 Å². The number of furan rings is 1. The largest absolute Gasteiger partial charge is 0.456 e. The first kappa shape index (κ1) is 15.2. The van der Waals surface area contributed by atoms with E-state index in [1.165, 1.54) is 0 Å². The first-order chi connectivity index (χ1) is 11.1. The van der Waals surface area contributed by atoms with Crippen LogP contribution >= 0.6 is 0 Å². The van der Waals surface area contributed by atoms with E-state index in [0.29, 0.717) is 23.4 Å². The fourth-order valence-electron chi connectivity index (χ4n) is 2.80. The van der Waals surface area contributed by atoms with Crippen LogP contribution in [0.5, 0.6) is 0 Å². The smallest absolute Gasteiger partial charge is 0.255 e. The second-order valence-electron chi connectivity index (χ2n) is 5.55. The van der Waals surface area contributed by atoms with Crippen LogP contribution in [0.25, 0.3) is 0 Å². The Morgan fingerprint density at radius 3 is 2.43 bits per heavy atom. The number of unbranched alkanes of at least 4 members (excludes halogenated alkanes) is 1. The second kappa shape index (κ2) is 5.83. The number of benzene rings is 1. The molecule has 0 unspecified atom stereocenters. The van der Waals surface area contributed by atoms with Crippen LogP contribution in [-0.2, 0) is 0 Å². The quantitative estimate of drug-likeness (QED) is 0.752. The number of carbonyl (C=O) groups is 3. The van der Waals surface area contributed by atoms with E-state index in [4.69, 9.17) is 4.42 Å². The number of fused-ring (bicyclic) bond motifs is 2. The number of nitrogens with one attached hydrogen (secondary N) is 1. The van der Waals surface area contributed by atoms with Gasteiger partial charge in [0, 0.05) is 17.7 Å². The van der Waals surface area contributed by atoms with E-state index in [2.05, 4.69) is 5.32 Å². The van der Waals surface area contributed by atoms with Gasteiger partial charge in [-0.1, -0.05) is 37.6 Å². The molecule has 0 atom stereocenters. The number of ketones is 2. The van der Waals surface area contributed by atoms with E-state index in [-0.39, 0.29) is 34.4 Å². The van der Waals surface area contributed by atoms with Gasteiger partial charge in [0.15, 0.2) is 11.5 Å². The van der Waals surface area contributed by atoms with E-state index in [1.807, 2.05) is 6.92 Å². The Balaban J connectivity index is 2.06. The highest BCUT2D eigenvalue weighted by Gasteiger charge is 2.38. The predicted molar refractivity (Wildman–Crippen MR) is 84.0 cm³/mol. The molecule has 1 aromatic carbocycles. The zero-order valence-corrected chi connectivity index (χ0v) is 13.1. The number of amides is 1. The molecule has 0 saturated heterocycles. The Bertz CT molecular complexity index is 816. The van der Waals surface area contributed by atoms with Crippen LogP contribution in [0.4, 0.5) is 0 Å². The zero-order valence-electron chi connectivity index (χ0n) is 13.1. The summed E-state index contributed by atoms with van der Waals surface area (Å²) < 4.78 is 5.47. The van der Waals surface area contributed by atoms with Crippen LogP contribution in [0.2, 0.25) is 0 Å². The molecule has 1 N–H and O–H groups in total. The molecule has 5 nitrogen and oxygen atoms in total. The van der Waals surface area contributed by atoms with Crippen LogP contribution in [-0.4, -0.2) is 24.0 Å². The molecule has 5 heteroatoms. The van der Waals surface area contributed by atoms with Crippen LogP contribution < -0.4 is 5.32 Å². The van der Waals surface area contributed by atoms with Crippen molar-refractivity contribution in [3.63, 3.8) is 0 Å². The van der Waals surface area contributed by atoms with Gasteiger partial charge in [-0.05, 0) is 13.3 Å². The molecule has 3 rings (SSSR count). The average molecular weight is 311 g/mol. The Hall–Kier alpha value is -2.69. The van der Waals surface area contributed by atoms with Crippen LogP contribution in [0, 0.1) is 6.92 Å². The fourth-order valence-corrected chi connectivity index (χ4v) is 2.80. The number of hydrogen-bond acceptors (Lipinski definition) is 4. The third-order valence-electron chi connectivity index (χ3n) is 3.98. The average Bonchev–Trinajstić information content (AvgIpc) is 2.90. The number of rotatable bonds is 4. The lowest BCUT2D eigenvalue weighted by atomic mass is 9.86. The van der Waals surface area contributed by atoms with Gasteiger partial charge >= 0.3 is 0 Å². The molecular weight excluding hydrogens is 294 g/mol. The Morgan fingerprint density at radius 2 is 1.78 bits per heavy atom. The minimum atomic E-state index is -0.374. The zero-order chi connectivity index (χ0) is 16.6. The number of carbonyl (C=O) groups excluding carboxylic acids is 3. The summed E-state index contributed by atoms with van der Waals surface area (Å²) in [4.78, 5) is 37.7. The van der Waals surface area contributed by atoms with Crippen molar-refractivity contribution in [3.8, 4) is 0 Å². The maximum Gasteiger partial charge on any atom is 0.255 e. The monoisotopic (exact) mass is 311 g/mol. The maximum absolute atomic E-state index is 12.7. The van der Waals surface area contributed by atoms with E-state index in [9.17, 15) is 14.4 Å². The lowest BCUT2D eigenvalue weighted by Crippen LogP contribution is -2.28. The van der Waals surface area contributed by atoms with Crippen LogP contribution in [0.15, 0.2) is 28.7 Å². The van der Waals surface area contributed by atoms with Gasteiger partial charge < -0.3 is 9.73 Å². The summed E-state index contributed by atoms with van der Waals surface area (Å²) in [6.07, 6.45) is 1.80. The molecule has 0 fully saturated rings. The first-order valence-corrected chi connectivity index (χ1v) is 7.66. The Morgan fingerprint density at radius 1 is 1.13 bits per heavy atom. The van der Waals surface area contributed by atoms with Crippen molar-refractivity contribution in [1.29, 1.82) is 0 Å². The van der Waals surface area contributed by atoms with Gasteiger partial charge in [-0.3, -0.25) is 14.4 Å². The fraction of sp³-hybridized carbons (Fsp3) is 0.278. The minimum Gasteiger partial charge on any atom is -0.456 e. The van der Waals surface area contributed by atoms with E-state index in [1.54, 1.807) is 31.2 Å². The summed E-state index contributed by atoms with van der Waals surface area (Å²) in [6.45, 7) is 4.14. The summed E-state index contributed by atoms with van der Waals surface area (Å²) in [5.41, 5.74) is 0.884. The molecular formula is C18H17NO4. The summed E-state index contributed by atoms with van der Waals surface area (Å²) >= 11 is 0. The summed E-state index contributed by atoms with van der Waals surface area (Å²) in [7, 11) is 0. The van der Waals surface area contributed by atoms with E-state index in [0.717, 1.165) is 12.8 Å². The molecule has 1 aromatic heterocycles. The molecule has 0 aliphatic heterocycles. The molecule has 0 saturated carbocycles. The minimum absolute atomic E-state index is 0.0353. The van der Waals surface area contributed by atoms with Crippen molar-refractivity contribution < 1.29 is 18.8 Å². The molecule has 0 radical (unpaired) electrons. The Labute approximate surface area is 133 Å². The molecule has 1 aliphatic carbocycles.